The molecule has 1 aliphatic rings. The normalized spacial score (nSPS) is 17.3. The van der Waals surface area contributed by atoms with Gasteiger partial charge in [0.15, 0.2) is 0 Å². The molecule has 6 nitrogen and oxygen atoms in total. The van der Waals surface area contributed by atoms with Crippen molar-refractivity contribution in [3.63, 3.8) is 0 Å². The molecular formula is C17H32N4O2. The van der Waals surface area contributed by atoms with Crippen LogP contribution in [0.15, 0.2) is 0 Å². The molecule has 6 heteroatoms. The number of aromatic nitrogens is 2. The molecule has 0 aromatic carbocycles. The van der Waals surface area contributed by atoms with Crippen molar-refractivity contribution in [2.24, 2.45) is 13.0 Å². The topological polar surface area (TPSA) is 62.5 Å². The van der Waals surface area contributed by atoms with Crippen molar-refractivity contribution in [2.75, 3.05) is 37.7 Å². The number of aliphatic hydroxyl groups excluding tert-OH is 1. The van der Waals surface area contributed by atoms with Gasteiger partial charge >= 0.3 is 0 Å². The second kappa shape index (κ2) is 8.13. The fourth-order valence-corrected chi connectivity index (χ4v) is 2.96. The lowest BCUT2D eigenvalue weighted by Gasteiger charge is -2.30. The van der Waals surface area contributed by atoms with Crippen LogP contribution in [-0.4, -0.2) is 53.8 Å². The minimum atomic E-state index is -0.319. The molecule has 2 rings (SSSR count). The molecule has 2 heterocycles. The second-order valence-corrected chi connectivity index (χ2v) is 7.01. The summed E-state index contributed by atoms with van der Waals surface area (Å²) in [5.74, 6) is 1.83. The smallest absolute Gasteiger partial charge is 0.131 e. The number of hydrogen-bond donors (Lipinski definition) is 2. The van der Waals surface area contributed by atoms with E-state index in [0.717, 1.165) is 38.5 Å². The average molecular weight is 324 g/mol. The molecule has 0 radical (unpaired) electrons. The van der Waals surface area contributed by atoms with Crippen LogP contribution in [0, 0.1) is 5.92 Å². The van der Waals surface area contributed by atoms with E-state index < -0.39 is 0 Å². The molecular weight excluding hydrogens is 292 g/mol. The first-order valence-electron chi connectivity index (χ1n) is 8.69. The summed E-state index contributed by atoms with van der Waals surface area (Å²) < 4.78 is 7.47. The lowest BCUT2D eigenvalue weighted by molar-refractivity contribution is 0.121. The third kappa shape index (κ3) is 4.46. The highest BCUT2D eigenvalue weighted by Gasteiger charge is 2.24. The number of anilines is 1. The summed E-state index contributed by atoms with van der Waals surface area (Å²) in [7, 11) is 2.02. The fourth-order valence-electron chi connectivity index (χ4n) is 2.96. The minimum absolute atomic E-state index is 0.264. The zero-order chi connectivity index (χ0) is 17.0. The van der Waals surface area contributed by atoms with Crippen molar-refractivity contribution in [1.82, 2.24) is 15.1 Å². The van der Waals surface area contributed by atoms with Gasteiger partial charge in [0.2, 0.25) is 0 Å². The molecule has 1 unspecified atom stereocenters. The van der Waals surface area contributed by atoms with Crippen LogP contribution < -0.4 is 10.2 Å². The molecule has 0 saturated carbocycles. The van der Waals surface area contributed by atoms with Crippen LogP contribution in [0.5, 0.6) is 0 Å². The van der Waals surface area contributed by atoms with Gasteiger partial charge in [-0.2, -0.15) is 5.10 Å². The van der Waals surface area contributed by atoms with Gasteiger partial charge in [0, 0.05) is 38.8 Å². The van der Waals surface area contributed by atoms with Gasteiger partial charge in [-0.05, 0) is 11.8 Å². The highest BCUT2D eigenvalue weighted by Crippen LogP contribution is 2.28. The average Bonchev–Trinajstić information content (AvgIpc) is 2.84. The zero-order valence-corrected chi connectivity index (χ0v) is 15.2. The first-order chi connectivity index (χ1) is 10.9. The lowest BCUT2D eigenvalue weighted by Crippen LogP contribution is -2.38. The van der Waals surface area contributed by atoms with E-state index in [1.165, 1.54) is 11.4 Å². The van der Waals surface area contributed by atoms with E-state index in [4.69, 9.17) is 9.84 Å². The van der Waals surface area contributed by atoms with Crippen LogP contribution >= 0.6 is 0 Å². The van der Waals surface area contributed by atoms with Crippen molar-refractivity contribution >= 4 is 5.82 Å². The first-order valence-corrected chi connectivity index (χ1v) is 8.69. The lowest BCUT2D eigenvalue weighted by atomic mass is 10.0. The summed E-state index contributed by atoms with van der Waals surface area (Å²) >= 11 is 0. The molecule has 0 aliphatic carbocycles. The van der Waals surface area contributed by atoms with Crippen molar-refractivity contribution in [3.8, 4) is 0 Å². The van der Waals surface area contributed by atoms with E-state index >= 15 is 0 Å². The van der Waals surface area contributed by atoms with Crippen molar-refractivity contribution < 1.29 is 9.84 Å². The maximum Gasteiger partial charge on any atom is 0.131 e. The van der Waals surface area contributed by atoms with Gasteiger partial charge in [-0.1, -0.05) is 27.7 Å². The van der Waals surface area contributed by atoms with Crippen LogP contribution in [-0.2, 0) is 18.3 Å². The Hall–Kier alpha value is -1.11. The van der Waals surface area contributed by atoms with Gasteiger partial charge in [0.05, 0.1) is 25.0 Å². The molecule has 1 atom stereocenters. The molecule has 0 amide bonds. The molecule has 1 aliphatic heterocycles. The van der Waals surface area contributed by atoms with E-state index in [0.29, 0.717) is 12.5 Å². The van der Waals surface area contributed by atoms with Crippen molar-refractivity contribution in [2.45, 2.75) is 46.3 Å². The SMILES string of the molecule is CC(C)c1nn(C)c(N2CCOCC2)c1CNCC(O)C(C)C. The molecule has 0 bridgehead atoms. The van der Waals surface area contributed by atoms with Crippen LogP contribution in [0.3, 0.4) is 0 Å². The molecule has 1 aromatic rings. The van der Waals surface area contributed by atoms with Crippen LogP contribution in [0.4, 0.5) is 5.82 Å². The summed E-state index contributed by atoms with van der Waals surface area (Å²) in [5, 5.41) is 18.2. The number of rotatable bonds is 7. The van der Waals surface area contributed by atoms with Crippen LogP contribution in [0.1, 0.15) is 44.9 Å². The summed E-state index contributed by atoms with van der Waals surface area (Å²) in [6.45, 7) is 13.1. The fraction of sp³-hybridized carbons (Fsp3) is 0.824. The quantitative estimate of drug-likeness (QED) is 0.796. The van der Waals surface area contributed by atoms with E-state index in [9.17, 15) is 5.11 Å². The van der Waals surface area contributed by atoms with Gasteiger partial charge < -0.3 is 20.1 Å². The monoisotopic (exact) mass is 324 g/mol. The van der Waals surface area contributed by atoms with Gasteiger partial charge in [-0.15, -0.1) is 0 Å². The summed E-state index contributed by atoms with van der Waals surface area (Å²) in [6.07, 6.45) is -0.319. The predicted molar refractivity (Wildman–Crippen MR) is 92.9 cm³/mol. The number of aryl methyl sites for hydroxylation is 1. The maximum absolute atomic E-state index is 10.00. The van der Waals surface area contributed by atoms with E-state index in [2.05, 4.69) is 24.1 Å². The third-order valence-electron chi connectivity index (χ3n) is 4.43. The second-order valence-electron chi connectivity index (χ2n) is 7.01. The van der Waals surface area contributed by atoms with Gasteiger partial charge in [-0.3, -0.25) is 4.68 Å². The van der Waals surface area contributed by atoms with Gasteiger partial charge in [0.1, 0.15) is 5.82 Å². The number of nitrogens with one attached hydrogen (secondary N) is 1. The largest absolute Gasteiger partial charge is 0.392 e. The Morgan fingerprint density at radius 2 is 1.87 bits per heavy atom. The number of aliphatic hydroxyl groups is 1. The van der Waals surface area contributed by atoms with Gasteiger partial charge in [0.25, 0.3) is 0 Å². The minimum Gasteiger partial charge on any atom is -0.392 e. The molecule has 1 fully saturated rings. The summed E-state index contributed by atoms with van der Waals surface area (Å²) in [5.41, 5.74) is 2.39. The zero-order valence-electron chi connectivity index (χ0n) is 15.2. The van der Waals surface area contributed by atoms with Crippen molar-refractivity contribution in [1.29, 1.82) is 0 Å². The summed E-state index contributed by atoms with van der Waals surface area (Å²) in [4.78, 5) is 2.36. The number of morpholine rings is 1. The van der Waals surface area contributed by atoms with E-state index in [1.54, 1.807) is 0 Å². The van der Waals surface area contributed by atoms with Crippen LogP contribution in [0.2, 0.25) is 0 Å². The Morgan fingerprint density at radius 1 is 1.22 bits per heavy atom. The molecule has 1 aromatic heterocycles. The molecule has 2 N–H and O–H groups in total. The summed E-state index contributed by atoms with van der Waals surface area (Å²) in [6, 6.07) is 0. The van der Waals surface area contributed by atoms with Crippen molar-refractivity contribution in [3.05, 3.63) is 11.3 Å². The first kappa shape index (κ1) is 18.2. The van der Waals surface area contributed by atoms with Crippen LogP contribution in [0.25, 0.3) is 0 Å². The Kier molecular flexibility index (Phi) is 6.44. The number of ether oxygens (including phenoxy) is 1. The number of nitrogens with zero attached hydrogens (tertiary/aromatic N) is 3. The Bertz CT molecular complexity index is 493. The highest BCUT2D eigenvalue weighted by atomic mass is 16.5. The molecule has 0 spiro atoms. The third-order valence-corrected chi connectivity index (χ3v) is 4.43. The molecule has 1 saturated heterocycles. The van der Waals surface area contributed by atoms with E-state index in [1.807, 2.05) is 25.6 Å². The molecule has 132 valence electrons. The Morgan fingerprint density at radius 3 is 2.43 bits per heavy atom. The molecule has 23 heavy (non-hydrogen) atoms. The maximum atomic E-state index is 10.00. The Balaban J connectivity index is 2.17. The Labute approximate surface area is 139 Å². The standard InChI is InChI=1S/C17H32N4O2/c1-12(2)15(22)11-18-10-14-16(13(3)4)19-20(5)17(14)21-6-8-23-9-7-21/h12-13,15,18,22H,6-11H2,1-5H3. The highest BCUT2D eigenvalue weighted by molar-refractivity contribution is 5.51. The number of hydrogen-bond acceptors (Lipinski definition) is 5. The predicted octanol–water partition coefficient (Wildman–Crippen LogP) is 1.49. The van der Waals surface area contributed by atoms with Gasteiger partial charge in [-0.25, -0.2) is 0 Å². The van der Waals surface area contributed by atoms with E-state index in [-0.39, 0.29) is 12.0 Å².